The van der Waals surface area contributed by atoms with Gasteiger partial charge in [0.25, 0.3) is 5.91 Å². The Labute approximate surface area is 122 Å². The minimum Gasteiger partial charge on any atom is -0.478 e. The average Bonchev–Trinajstić information content (AvgIpc) is 2.89. The van der Waals surface area contributed by atoms with Crippen LogP contribution in [0.4, 0.5) is 0 Å². The first kappa shape index (κ1) is 15.0. The summed E-state index contributed by atoms with van der Waals surface area (Å²) in [5.74, 6) is -2.13. The second-order valence-corrected chi connectivity index (χ2v) is 5.31. The molecule has 0 radical (unpaired) electrons. The van der Waals surface area contributed by atoms with Gasteiger partial charge in [-0.3, -0.25) is 9.59 Å². The highest BCUT2D eigenvalue weighted by atomic mass is 16.4. The summed E-state index contributed by atoms with van der Waals surface area (Å²) in [4.78, 5) is 37.0. The van der Waals surface area contributed by atoms with Crippen molar-refractivity contribution in [2.45, 2.75) is 32.7 Å². The van der Waals surface area contributed by atoms with Crippen LogP contribution in [0, 0.1) is 13.8 Å². The van der Waals surface area contributed by atoms with Crippen LogP contribution in [0.1, 0.15) is 44.7 Å². The molecule has 1 aromatic rings. The van der Waals surface area contributed by atoms with Gasteiger partial charge in [-0.15, -0.1) is 0 Å². The molecule has 1 heterocycles. The maximum atomic E-state index is 12.7. The van der Waals surface area contributed by atoms with Crippen LogP contribution >= 0.6 is 0 Å². The van der Waals surface area contributed by atoms with Gasteiger partial charge in [-0.2, -0.15) is 0 Å². The number of hydrogen-bond acceptors (Lipinski definition) is 3. The fraction of sp³-hybridized carbons (Fsp3) is 0.400. The second-order valence-electron chi connectivity index (χ2n) is 5.31. The third kappa shape index (κ3) is 2.61. The zero-order chi connectivity index (χ0) is 15.7. The van der Waals surface area contributed by atoms with Gasteiger partial charge in [0.15, 0.2) is 0 Å². The molecule has 1 aliphatic rings. The number of carboxylic acids is 1. The normalized spacial score (nSPS) is 17.8. The van der Waals surface area contributed by atoms with Gasteiger partial charge in [0.1, 0.15) is 6.04 Å². The molecule has 2 rings (SSSR count). The fourth-order valence-corrected chi connectivity index (χ4v) is 2.81. The quantitative estimate of drug-likeness (QED) is 0.870. The molecule has 1 fully saturated rings. The lowest BCUT2D eigenvalue weighted by atomic mass is 9.96. The summed E-state index contributed by atoms with van der Waals surface area (Å²) in [6.07, 6.45) is 1.21. The van der Waals surface area contributed by atoms with Gasteiger partial charge in [-0.25, -0.2) is 4.79 Å². The minimum atomic E-state index is -1.14. The molecular formula is C15H18N2O4. The van der Waals surface area contributed by atoms with E-state index in [1.54, 1.807) is 26.0 Å². The number of likely N-dealkylation sites (tertiary alicyclic amines) is 1. The Bertz CT molecular complexity index is 624. The van der Waals surface area contributed by atoms with E-state index in [4.69, 9.17) is 5.73 Å². The first-order valence-corrected chi connectivity index (χ1v) is 6.78. The largest absolute Gasteiger partial charge is 0.478 e. The maximum Gasteiger partial charge on any atom is 0.336 e. The number of rotatable bonds is 3. The Hall–Kier alpha value is -2.37. The van der Waals surface area contributed by atoms with Crippen molar-refractivity contribution in [2.24, 2.45) is 5.73 Å². The van der Waals surface area contributed by atoms with Crippen molar-refractivity contribution >= 4 is 17.8 Å². The van der Waals surface area contributed by atoms with Gasteiger partial charge in [-0.05, 0) is 37.8 Å². The van der Waals surface area contributed by atoms with Crippen LogP contribution in [-0.4, -0.2) is 40.4 Å². The predicted molar refractivity (Wildman–Crippen MR) is 76.1 cm³/mol. The molecule has 21 heavy (non-hydrogen) atoms. The van der Waals surface area contributed by atoms with Crippen molar-refractivity contribution in [1.29, 1.82) is 0 Å². The predicted octanol–water partition coefficient (Wildman–Crippen LogP) is 1.09. The second kappa shape index (κ2) is 5.55. The van der Waals surface area contributed by atoms with Crippen molar-refractivity contribution in [3.05, 3.63) is 34.4 Å². The number of hydrogen-bond donors (Lipinski definition) is 2. The summed E-state index contributed by atoms with van der Waals surface area (Å²) in [7, 11) is 0. The first-order chi connectivity index (χ1) is 9.84. The van der Waals surface area contributed by atoms with E-state index in [0.717, 1.165) is 0 Å². The molecular weight excluding hydrogens is 272 g/mol. The number of aromatic carboxylic acids is 1. The Morgan fingerprint density at radius 3 is 2.29 bits per heavy atom. The third-order valence-corrected chi connectivity index (χ3v) is 3.89. The van der Waals surface area contributed by atoms with Gasteiger partial charge in [-0.1, -0.05) is 12.1 Å². The molecule has 1 saturated heterocycles. The zero-order valence-electron chi connectivity index (χ0n) is 12.0. The highest BCUT2D eigenvalue weighted by Gasteiger charge is 2.35. The van der Waals surface area contributed by atoms with Crippen LogP contribution in [-0.2, 0) is 4.79 Å². The van der Waals surface area contributed by atoms with E-state index in [2.05, 4.69) is 0 Å². The van der Waals surface area contributed by atoms with Crippen LogP contribution in [0.3, 0.4) is 0 Å². The van der Waals surface area contributed by atoms with Gasteiger partial charge in [0.05, 0.1) is 11.1 Å². The monoisotopic (exact) mass is 290 g/mol. The van der Waals surface area contributed by atoms with Gasteiger partial charge in [0, 0.05) is 6.54 Å². The fourth-order valence-electron chi connectivity index (χ4n) is 2.81. The van der Waals surface area contributed by atoms with Crippen molar-refractivity contribution in [2.75, 3.05) is 6.54 Å². The highest BCUT2D eigenvalue weighted by molar-refractivity contribution is 6.07. The van der Waals surface area contributed by atoms with Crippen molar-refractivity contribution in [1.82, 2.24) is 4.90 Å². The summed E-state index contributed by atoms with van der Waals surface area (Å²) in [6, 6.07) is 2.73. The van der Waals surface area contributed by atoms with E-state index < -0.39 is 23.8 Å². The Morgan fingerprint density at radius 1 is 1.19 bits per heavy atom. The smallest absolute Gasteiger partial charge is 0.336 e. The van der Waals surface area contributed by atoms with Crippen LogP contribution in [0.15, 0.2) is 12.1 Å². The molecule has 112 valence electrons. The lowest BCUT2D eigenvalue weighted by Gasteiger charge is -2.24. The lowest BCUT2D eigenvalue weighted by Crippen LogP contribution is -2.44. The minimum absolute atomic E-state index is 0.00452. The molecule has 1 atom stereocenters. The molecule has 0 saturated carbocycles. The topological polar surface area (TPSA) is 101 Å². The van der Waals surface area contributed by atoms with E-state index in [9.17, 15) is 19.5 Å². The first-order valence-electron chi connectivity index (χ1n) is 6.78. The standard InChI is InChI=1S/C15H18N2O4/c1-8-5-6-9(2)12(15(20)21)11(8)14(19)17-7-3-4-10(17)13(16)18/h5-6,10H,3-4,7H2,1-2H3,(H2,16,18)(H,20,21). The summed E-state index contributed by atoms with van der Waals surface area (Å²) in [5, 5.41) is 9.38. The summed E-state index contributed by atoms with van der Waals surface area (Å²) < 4.78 is 0. The number of carbonyl (C=O) groups is 3. The SMILES string of the molecule is Cc1ccc(C)c(C(=O)N2CCCC2C(N)=O)c1C(=O)O. The molecule has 0 aliphatic carbocycles. The van der Waals surface area contributed by atoms with Crippen LogP contribution in [0.5, 0.6) is 0 Å². The molecule has 1 aromatic carbocycles. The molecule has 6 heteroatoms. The molecule has 1 unspecified atom stereocenters. The summed E-state index contributed by atoms with van der Waals surface area (Å²) in [6.45, 7) is 3.75. The summed E-state index contributed by atoms with van der Waals surface area (Å²) in [5.41, 5.74) is 6.57. The third-order valence-electron chi connectivity index (χ3n) is 3.89. The average molecular weight is 290 g/mol. The van der Waals surface area contributed by atoms with Crippen LogP contribution in [0.2, 0.25) is 0 Å². The number of aryl methyl sites for hydroxylation is 2. The lowest BCUT2D eigenvalue weighted by molar-refractivity contribution is -0.121. The van der Waals surface area contributed by atoms with Crippen LogP contribution < -0.4 is 5.73 Å². The van der Waals surface area contributed by atoms with Gasteiger partial charge >= 0.3 is 5.97 Å². The Morgan fingerprint density at radius 2 is 1.76 bits per heavy atom. The number of nitrogens with two attached hydrogens (primary N) is 1. The number of amides is 2. The molecule has 0 spiro atoms. The van der Waals surface area contributed by atoms with E-state index in [1.807, 2.05) is 0 Å². The highest BCUT2D eigenvalue weighted by Crippen LogP contribution is 2.25. The van der Waals surface area contributed by atoms with Gasteiger partial charge in [0.2, 0.25) is 5.91 Å². The number of carboxylic acid groups (broad SMARTS) is 1. The summed E-state index contributed by atoms with van der Waals surface area (Å²) >= 11 is 0. The van der Waals surface area contributed by atoms with Crippen molar-refractivity contribution in [3.63, 3.8) is 0 Å². The van der Waals surface area contributed by atoms with E-state index >= 15 is 0 Å². The van der Waals surface area contributed by atoms with Gasteiger partial charge < -0.3 is 15.7 Å². The van der Waals surface area contributed by atoms with E-state index in [1.165, 1.54) is 4.90 Å². The maximum absolute atomic E-state index is 12.7. The molecule has 0 bridgehead atoms. The van der Waals surface area contributed by atoms with E-state index in [-0.39, 0.29) is 11.1 Å². The zero-order valence-corrected chi connectivity index (χ0v) is 12.0. The molecule has 3 N–H and O–H groups in total. The Kier molecular flexibility index (Phi) is 3.97. The Balaban J connectivity index is 2.51. The molecule has 6 nitrogen and oxygen atoms in total. The number of benzene rings is 1. The van der Waals surface area contributed by atoms with Crippen LogP contribution in [0.25, 0.3) is 0 Å². The number of primary amides is 1. The number of carbonyl (C=O) groups excluding carboxylic acids is 2. The van der Waals surface area contributed by atoms with Crippen molar-refractivity contribution in [3.8, 4) is 0 Å². The van der Waals surface area contributed by atoms with Crippen molar-refractivity contribution < 1.29 is 19.5 Å². The molecule has 2 amide bonds. The molecule has 1 aliphatic heterocycles. The van der Waals surface area contributed by atoms with E-state index in [0.29, 0.717) is 30.5 Å². The molecule has 0 aromatic heterocycles. The number of nitrogens with zero attached hydrogens (tertiary/aromatic N) is 1.